The van der Waals surface area contributed by atoms with Gasteiger partial charge in [0.2, 0.25) is 0 Å². The van der Waals surface area contributed by atoms with Crippen molar-refractivity contribution in [3.8, 4) is 0 Å². The number of fused-ring (bicyclic) bond motifs is 1. The van der Waals surface area contributed by atoms with E-state index < -0.39 is 0 Å². The molecule has 1 aromatic heterocycles. The van der Waals surface area contributed by atoms with Crippen molar-refractivity contribution in [3.05, 3.63) is 71.7 Å². The number of Topliss-reactive ketones (excluding diaryl/α,β-unsaturated/α-hetero) is 1. The summed E-state index contributed by atoms with van der Waals surface area (Å²) < 4.78 is 13.3. The Morgan fingerprint density at radius 2 is 2.00 bits per heavy atom. The fourth-order valence-electron chi connectivity index (χ4n) is 2.76. The maximum Gasteiger partial charge on any atom is 0.181 e. The number of carbonyl (C=O) groups is 1. The first kappa shape index (κ1) is 15.4. The molecule has 0 unspecified atom stereocenters. The Hall–Kier alpha value is -2.46. The van der Waals surface area contributed by atoms with Crippen LogP contribution in [0.25, 0.3) is 10.9 Å². The molecule has 0 spiro atoms. The SMILES string of the molecule is C[C@@H](C(=O)c1c[nH]c2ccccc12)N(C)Cc1cccc(F)c1. The fourth-order valence-corrected chi connectivity index (χ4v) is 2.76. The van der Waals surface area contributed by atoms with E-state index in [1.165, 1.54) is 12.1 Å². The minimum Gasteiger partial charge on any atom is -0.360 e. The lowest BCUT2D eigenvalue weighted by Crippen LogP contribution is -2.35. The largest absolute Gasteiger partial charge is 0.360 e. The summed E-state index contributed by atoms with van der Waals surface area (Å²) in [5, 5.41) is 0.934. The zero-order chi connectivity index (χ0) is 16.4. The first-order chi connectivity index (χ1) is 11.1. The highest BCUT2D eigenvalue weighted by Gasteiger charge is 2.22. The number of para-hydroxylation sites is 1. The van der Waals surface area contributed by atoms with Gasteiger partial charge in [-0.15, -0.1) is 0 Å². The van der Waals surface area contributed by atoms with Crippen LogP contribution in [0.3, 0.4) is 0 Å². The molecule has 1 atom stereocenters. The molecule has 0 bridgehead atoms. The molecule has 0 aliphatic rings. The molecule has 0 saturated carbocycles. The van der Waals surface area contributed by atoms with Gasteiger partial charge in [0, 0.05) is 29.2 Å². The van der Waals surface area contributed by atoms with Crippen LogP contribution in [-0.4, -0.2) is 28.8 Å². The van der Waals surface area contributed by atoms with Gasteiger partial charge >= 0.3 is 0 Å². The molecule has 0 radical (unpaired) electrons. The summed E-state index contributed by atoms with van der Waals surface area (Å²) in [5.41, 5.74) is 2.50. The van der Waals surface area contributed by atoms with Crippen molar-refractivity contribution in [2.45, 2.75) is 19.5 Å². The zero-order valence-electron chi connectivity index (χ0n) is 13.2. The lowest BCUT2D eigenvalue weighted by Gasteiger charge is -2.23. The molecule has 3 nitrogen and oxygen atoms in total. The molecule has 0 amide bonds. The minimum absolute atomic E-state index is 0.0568. The number of ketones is 1. The second-order valence-corrected chi connectivity index (χ2v) is 5.83. The number of nitrogens with zero attached hydrogens (tertiary/aromatic N) is 1. The van der Waals surface area contributed by atoms with Crippen LogP contribution in [-0.2, 0) is 6.54 Å². The molecule has 0 saturated heterocycles. The third kappa shape index (κ3) is 3.17. The van der Waals surface area contributed by atoms with E-state index >= 15 is 0 Å². The molecule has 2 aromatic carbocycles. The Morgan fingerprint density at radius 3 is 2.78 bits per heavy atom. The lowest BCUT2D eigenvalue weighted by atomic mass is 10.0. The molecule has 4 heteroatoms. The van der Waals surface area contributed by atoms with Crippen LogP contribution in [0, 0.1) is 5.82 Å². The van der Waals surface area contributed by atoms with Gasteiger partial charge in [-0.25, -0.2) is 4.39 Å². The van der Waals surface area contributed by atoms with Gasteiger partial charge in [0.25, 0.3) is 0 Å². The number of benzene rings is 2. The van der Waals surface area contributed by atoms with E-state index in [0.717, 1.165) is 16.5 Å². The Bertz CT molecular complexity index is 840. The number of rotatable bonds is 5. The molecule has 0 aliphatic carbocycles. The van der Waals surface area contributed by atoms with E-state index in [1.54, 1.807) is 12.3 Å². The van der Waals surface area contributed by atoms with Gasteiger partial charge in [-0.2, -0.15) is 0 Å². The molecule has 1 N–H and O–H groups in total. The fraction of sp³-hybridized carbons (Fsp3) is 0.211. The number of H-pyrrole nitrogens is 1. The number of aromatic amines is 1. The van der Waals surface area contributed by atoms with Crippen LogP contribution < -0.4 is 0 Å². The van der Waals surface area contributed by atoms with Gasteiger partial charge in [-0.3, -0.25) is 9.69 Å². The number of likely N-dealkylation sites (N-methyl/N-ethyl adjacent to an activating group) is 1. The number of hydrogen-bond acceptors (Lipinski definition) is 2. The smallest absolute Gasteiger partial charge is 0.181 e. The molecule has 1 heterocycles. The van der Waals surface area contributed by atoms with Crippen molar-refractivity contribution >= 4 is 16.7 Å². The summed E-state index contributed by atoms with van der Waals surface area (Å²) in [6.45, 7) is 2.40. The summed E-state index contributed by atoms with van der Waals surface area (Å²) in [7, 11) is 1.88. The number of nitrogens with one attached hydrogen (secondary N) is 1. The monoisotopic (exact) mass is 310 g/mol. The van der Waals surface area contributed by atoms with Crippen molar-refractivity contribution in [1.82, 2.24) is 9.88 Å². The molecular formula is C19H19FN2O. The molecule has 3 aromatic rings. The van der Waals surface area contributed by atoms with Crippen LogP contribution in [0.15, 0.2) is 54.7 Å². The maximum atomic E-state index is 13.3. The Kier molecular flexibility index (Phi) is 4.26. The second-order valence-electron chi connectivity index (χ2n) is 5.83. The van der Waals surface area contributed by atoms with E-state index in [1.807, 2.05) is 49.2 Å². The molecule has 118 valence electrons. The standard InChI is InChI=1S/C19H19FN2O/c1-13(22(2)12-14-6-5-7-15(20)10-14)19(23)17-11-21-18-9-4-3-8-16(17)18/h3-11,13,21H,12H2,1-2H3/t13-/m0/s1. The Balaban J connectivity index is 1.79. The van der Waals surface area contributed by atoms with Crippen LogP contribution >= 0.6 is 0 Å². The van der Waals surface area contributed by atoms with E-state index in [9.17, 15) is 9.18 Å². The Labute approximate surface area is 134 Å². The first-order valence-electron chi connectivity index (χ1n) is 7.61. The normalized spacial score (nSPS) is 12.7. The first-order valence-corrected chi connectivity index (χ1v) is 7.61. The summed E-state index contributed by atoms with van der Waals surface area (Å²) in [4.78, 5) is 17.8. The number of halogens is 1. The third-order valence-corrected chi connectivity index (χ3v) is 4.22. The Morgan fingerprint density at radius 1 is 1.22 bits per heavy atom. The van der Waals surface area contributed by atoms with Gasteiger partial charge < -0.3 is 4.98 Å². The number of hydrogen-bond donors (Lipinski definition) is 1. The molecular weight excluding hydrogens is 291 g/mol. The molecule has 0 aliphatic heterocycles. The van der Waals surface area contributed by atoms with Crippen LogP contribution in [0.2, 0.25) is 0 Å². The van der Waals surface area contributed by atoms with E-state index in [0.29, 0.717) is 12.1 Å². The highest BCUT2D eigenvalue weighted by Crippen LogP contribution is 2.21. The third-order valence-electron chi connectivity index (χ3n) is 4.22. The van der Waals surface area contributed by atoms with Gasteiger partial charge in [-0.05, 0) is 37.7 Å². The van der Waals surface area contributed by atoms with E-state index in [2.05, 4.69) is 4.98 Å². The minimum atomic E-state index is -0.294. The second kappa shape index (κ2) is 6.34. The van der Waals surface area contributed by atoms with Crippen molar-refractivity contribution in [3.63, 3.8) is 0 Å². The average molecular weight is 310 g/mol. The van der Waals surface area contributed by atoms with Crippen molar-refractivity contribution in [2.75, 3.05) is 7.05 Å². The highest BCUT2D eigenvalue weighted by molar-refractivity contribution is 6.10. The summed E-state index contributed by atoms with van der Waals surface area (Å²) >= 11 is 0. The summed E-state index contributed by atoms with van der Waals surface area (Å²) in [6, 6.07) is 13.9. The van der Waals surface area contributed by atoms with Crippen LogP contribution in [0.4, 0.5) is 4.39 Å². The topological polar surface area (TPSA) is 36.1 Å². The van der Waals surface area contributed by atoms with E-state index in [4.69, 9.17) is 0 Å². The number of carbonyl (C=O) groups excluding carboxylic acids is 1. The quantitative estimate of drug-likeness (QED) is 0.723. The van der Waals surface area contributed by atoms with E-state index in [-0.39, 0.29) is 17.6 Å². The molecule has 3 rings (SSSR count). The predicted molar refractivity (Wildman–Crippen MR) is 90.0 cm³/mol. The van der Waals surface area contributed by atoms with Gasteiger partial charge in [0.05, 0.1) is 6.04 Å². The summed E-state index contributed by atoms with van der Waals surface area (Å²) in [6.07, 6.45) is 1.76. The van der Waals surface area contributed by atoms with Gasteiger partial charge in [0.1, 0.15) is 5.82 Å². The van der Waals surface area contributed by atoms with Crippen molar-refractivity contribution < 1.29 is 9.18 Å². The van der Waals surface area contributed by atoms with Crippen molar-refractivity contribution in [1.29, 1.82) is 0 Å². The number of aromatic nitrogens is 1. The summed E-state index contributed by atoms with van der Waals surface area (Å²) in [5.74, 6) is -0.201. The van der Waals surface area contributed by atoms with Gasteiger partial charge in [-0.1, -0.05) is 30.3 Å². The van der Waals surface area contributed by atoms with Crippen LogP contribution in [0.1, 0.15) is 22.8 Å². The average Bonchev–Trinajstić information content (AvgIpc) is 2.97. The van der Waals surface area contributed by atoms with Crippen molar-refractivity contribution in [2.24, 2.45) is 0 Å². The molecule has 0 fully saturated rings. The molecule has 23 heavy (non-hydrogen) atoms. The van der Waals surface area contributed by atoms with Crippen LogP contribution in [0.5, 0.6) is 0 Å². The maximum absolute atomic E-state index is 13.3. The zero-order valence-corrected chi connectivity index (χ0v) is 13.2. The van der Waals surface area contributed by atoms with Gasteiger partial charge in [0.15, 0.2) is 5.78 Å². The highest BCUT2D eigenvalue weighted by atomic mass is 19.1. The predicted octanol–water partition coefficient (Wildman–Crippen LogP) is 4.01. The lowest BCUT2D eigenvalue weighted by molar-refractivity contribution is 0.0864.